The summed E-state index contributed by atoms with van der Waals surface area (Å²) >= 11 is 0. The molecule has 3 aromatic rings. The molecule has 1 aliphatic heterocycles. The second-order valence-electron chi connectivity index (χ2n) is 7.22. The second-order valence-corrected chi connectivity index (χ2v) is 11.1. The summed E-state index contributed by atoms with van der Waals surface area (Å²) in [5.74, 6) is -1.12. The maximum Gasteiger partial charge on any atom is 0.276 e. The highest BCUT2D eigenvalue weighted by Gasteiger charge is 2.28. The van der Waals surface area contributed by atoms with Crippen molar-refractivity contribution in [2.75, 3.05) is 24.7 Å². The Morgan fingerprint density at radius 2 is 1.81 bits per heavy atom. The minimum absolute atomic E-state index is 0.0611. The topological polar surface area (TPSA) is 138 Å². The van der Waals surface area contributed by atoms with Gasteiger partial charge in [0.25, 0.3) is 5.91 Å². The monoisotopic (exact) mass is 464 g/mol. The largest absolute Gasteiger partial charge is 0.506 e. The van der Waals surface area contributed by atoms with Gasteiger partial charge < -0.3 is 10.4 Å². The molecular weight excluding hydrogens is 444 g/mol. The maximum absolute atomic E-state index is 12.9. The van der Waals surface area contributed by atoms with Crippen molar-refractivity contribution in [3.05, 3.63) is 48.3 Å². The summed E-state index contributed by atoms with van der Waals surface area (Å²) in [5, 5.41) is 12.3. The number of anilines is 1. The summed E-state index contributed by atoms with van der Waals surface area (Å²) in [6.45, 7) is 0.833. The highest BCUT2D eigenvalue weighted by molar-refractivity contribution is 7.90. The first-order valence-corrected chi connectivity index (χ1v) is 12.7. The summed E-state index contributed by atoms with van der Waals surface area (Å²) in [4.78, 5) is 16.8. The summed E-state index contributed by atoms with van der Waals surface area (Å²) in [5.41, 5.74) is -0.0442. The van der Waals surface area contributed by atoms with Crippen LogP contribution >= 0.6 is 0 Å². The smallest absolute Gasteiger partial charge is 0.276 e. The molecule has 2 N–H and O–H groups in total. The number of fused-ring (bicyclic) bond motifs is 1. The number of carbonyl (C=O) groups is 1. The third-order valence-corrected chi connectivity index (χ3v) is 7.83. The van der Waals surface area contributed by atoms with Crippen LogP contribution in [-0.2, 0) is 19.9 Å². The van der Waals surface area contributed by atoms with E-state index >= 15 is 0 Å². The number of sulfone groups is 1. The Kier molecular flexibility index (Phi) is 5.23. The van der Waals surface area contributed by atoms with E-state index < -0.39 is 25.8 Å². The van der Waals surface area contributed by atoms with E-state index in [0.717, 1.165) is 19.1 Å². The molecule has 12 heteroatoms. The standard InChI is InChI=1S/C19H20N4O6S2/c1-30(26,27)19-21-17(15-6-2-3-11-23(15)19)18(25)20-14-12-13(7-8-16(14)24)31(28,29)22-9-4-5-10-22/h2-3,6-8,11-12,24H,4-5,9-10H2,1H3,(H,20,25). The van der Waals surface area contributed by atoms with Crippen LogP contribution in [0.2, 0.25) is 0 Å². The number of nitrogens with one attached hydrogen (secondary N) is 1. The first-order chi connectivity index (χ1) is 14.6. The van der Waals surface area contributed by atoms with Crippen molar-refractivity contribution in [2.24, 2.45) is 0 Å². The lowest BCUT2D eigenvalue weighted by Gasteiger charge is -2.16. The highest BCUT2D eigenvalue weighted by Crippen LogP contribution is 2.30. The molecule has 1 aromatic carbocycles. The number of hydrogen-bond donors (Lipinski definition) is 2. The first-order valence-electron chi connectivity index (χ1n) is 9.41. The van der Waals surface area contributed by atoms with E-state index in [1.165, 1.54) is 39.2 Å². The van der Waals surface area contributed by atoms with Gasteiger partial charge in [-0.15, -0.1) is 0 Å². The molecule has 3 heterocycles. The molecular formula is C19H20N4O6S2. The molecule has 1 aliphatic rings. The number of sulfonamides is 1. The number of amides is 1. The van der Waals surface area contributed by atoms with E-state index in [9.17, 15) is 26.7 Å². The van der Waals surface area contributed by atoms with E-state index in [4.69, 9.17) is 0 Å². The number of pyridine rings is 1. The molecule has 1 amide bonds. The van der Waals surface area contributed by atoms with Crippen LogP contribution in [0, 0.1) is 0 Å². The van der Waals surface area contributed by atoms with Gasteiger partial charge in [-0.3, -0.25) is 9.20 Å². The van der Waals surface area contributed by atoms with E-state index in [2.05, 4.69) is 10.3 Å². The molecule has 1 fully saturated rings. The zero-order valence-electron chi connectivity index (χ0n) is 16.5. The van der Waals surface area contributed by atoms with Gasteiger partial charge in [-0.2, -0.15) is 4.31 Å². The average molecular weight is 465 g/mol. The summed E-state index contributed by atoms with van der Waals surface area (Å²) in [6.07, 6.45) is 4.00. The van der Waals surface area contributed by atoms with E-state index in [-0.39, 0.29) is 32.7 Å². The predicted molar refractivity (Wildman–Crippen MR) is 112 cm³/mol. The third-order valence-electron chi connectivity index (χ3n) is 4.98. The molecule has 164 valence electrons. The van der Waals surface area contributed by atoms with Gasteiger partial charge in [-0.25, -0.2) is 21.8 Å². The van der Waals surface area contributed by atoms with Crippen LogP contribution in [0.25, 0.3) is 5.52 Å². The molecule has 1 saturated heterocycles. The van der Waals surface area contributed by atoms with Crippen LogP contribution in [-0.4, -0.2) is 60.9 Å². The fourth-order valence-corrected chi connectivity index (χ4v) is 5.79. The van der Waals surface area contributed by atoms with Crippen molar-refractivity contribution in [2.45, 2.75) is 22.9 Å². The van der Waals surface area contributed by atoms with Crippen molar-refractivity contribution in [3.8, 4) is 5.75 Å². The Hall–Kier alpha value is -2.96. The van der Waals surface area contributed by atoms with Gasteiger partial charge in [0.2, 0.25) is 25.0 Å². The average Bonchev–Trinajstić information content (AvgIpc) is 3.37. The van der Waals surface area contributed by atoms with Crippen LogP contribution in [0.3, 0.4) is 0 Å². The zero-order chi connectivity index (χ0) is 22.4. The quantitative estimate of drug-likeness (QED) is 0.545. The maximum atomic E-state index is 12.9. The Labute approximate surface area is 179 Å². The van der Waals surface area contributed by atoms with Crippen LogP contribution in [0.4, 0.5) is 5.69 Å². The number of rotatable bonds is 5. The Morgan fingerprint density at radius 1 is 1.10 bits per heavy atom. The fraction of sp³-hybridized carbons (Fsp3) is 0.263. The molecule has 4 rings (SSSR count). The second kappa shape index (κ2) is 7.62. The van der Waals surface area contributed by atoms with Gasteiger partial charge in [0.15, 0.2) is 5.69 Å². The molecule has 0 spiro atoms. The minimum atomic E-state index is -3.76. The van der Waals surface area contributed by atoms with Gasteiger partial charge in [-0.1, -0.05) is 6.07 Å². The number of aromatic hydroxyl groups is 1. The molecule has 0 aliphatic carbocycles. The number of aromatic nitrogens is 2. The number of carbonyl (C=O) groups excluding carboxylic acids is 1. The fourth-order valence-electron chi connectivity index (χ4n) is 3.47. The normalized spacial score (nSPS) is 15.4. The van der Waals surface area contributed by atoms with Crippen molar-refractivity contribution in [3.63, 3.8) is 0 Å². The van der Waals surface area contributed by atoms with Gasteiger partial charge >= 0.3 is 0 Å². The Bertz CT molecular complexity index is 1390. The Balaban J connectivity index is 1.72. The molecule has 0 bridgehead atoms. The van der Waals surface area contributed by atoms with Crippen LogP contribution in [0.15, 0.2) is 52.6 Å². The van der Waals surface area contributed by atoms with E-state index in [1.807, 2.05) is 0 Å². The zero-order valence-corrected chi connectivity index (χ0v) is 18.1. The van der Waals surface area contributed by atoms with Gasteiger partial charge in [0, 0.05) is 25.5 Å². The number of nitrogens with zero attached hydrogens (tertiary/aromatic N) is 3. The van der Waals surface area contributed by atoms with Gasteiger partial charge in [-0.05, 0) is 43.2 Å². The summed E-state index contributed by atoms with van der Waals surface area (Å²) in [6, 6.07) is 8.39. The summed E-state index contributed by atoms with van der Waals surface area (Å²) in [7, 11) is -7.48. The van der Waals surface area contributed by atoms with Crippen molar-refractivity contribution in [1.29, 1.82) is 0 Å². The van der Waals surface area contributed by atoms with Crippen LogP contribution in [0.5, 0.6) is 5.75 Å². The Morgan fingerprint density at radius 3 is 2.48 bits per heavy atom. The summed E-state index contributed by atoms with van der Waals surface area (Å²) < 4.78 is 52.3. The van der Waals surface area contributed by atoms with Gasteiger partial charge in [0.05, 0.1) is 16.1 Å². The number of phenolic OH excluding ortho intramolecular Hbond substituents is 1. The van der Waals surface area contributed by atoms with E-state index in [1.54, 1.807) is 12.1 Å². The lowest BCUT2D eigenvalue weighted by molar-refractivity contribution is 0.102. The SMILES string of the molecule is CS(=O)(=O)c1nc(C(=O)Nc2cc(S(=O)(=O)N3CCCC3)ccc2O)c2ccccn12. The molecule has 0 radical (unpaired) electrons. The third kappa shape index (κ3) is 3.89. The van der Waals surface area contributed by atoms with E-state index in [0.29, 0.717) is 13.1 Å². The molecule has 0 saturated carbocycles. The molecule has 0 unspecified atom stereocenters. The highest BCUT2D eigenvalue weighted by atomic mass is 32.2. The first kappa shape index (κ1) is 21.3. The van der Waals surface area contributed by atoms with Crippen molar-refractivity contribution < 1.29 is 26.7 Å². The predicted octanol–water partition coefficient (Wildman–Crippen LogP) is 1.48. The number of benzene rings is 1. The number of phenols is 1. The number of hydrogen-bond acceptors (Lipinski definition) is 7. The van der Waals surface area contributed by atoms with Gasteiger partial charge in [0.1, 0.15) is 5.75 Å². The molecule has 0 atom stereocenters. The van der Waals surface area contributed by atoms with Crippen LogP contribution in [0.1, 0.15) is 23.3 Å². The number of imidazole rings is 1. The minimum Gasteiger partial charge on any atom is -0.506 e. The lowest BCUT2D eigenvalue weighted by Crippen LogP contribution is -2.28. The lowest BCUT2D eigenvalue weighted by atomic mass is 10.2. The molecule has 2 aromatic heterocycles. The van der Waals surface area contributed by atoms with Crippen LogP contribution < -0.4 is 5.32 Å². The molecule has 31 heavy (non-hydrogen) atoms. The molecule has 10 nitrogen and oxygen atoms in total. The van der Waals surface area contributed by atoms with Crippen molar-refractivity contribution in [1.82, 2.24) is 13.7 Å². The van der Waals surface area contributed by atoms with Crippen molar-refractivity contribution >= 4 is 37.0 Å².